The summed E-state index contributed by atoms with van der Waals surface area (Å²) in [4.78, 5) is 12.4. The van der Waals surface area contributed by atoms with E-state index >= 15 is 0 Å². The molecule has 2 aromatic rings. The molecule has 0 aliphatic rings. The molecule has 0 saturated carbocycles. The Bertz CT molecular complexity index is 675. The van der Waals surface area contributed by atoms with E-state index in [1.165, 1.54) is 5.56 Å². The van der Waals surface area contributed by atoms with Crippen LogP contribution in [0, 0.1) is 12.8 Å². The lowest BCUT2D eigenvalue weighted by atomic mass is 9.96. The summed E-state index contributed by atoms with van der Waals surface area (Å²) in [5, 5.41) is 12.7. The van der Waals surface area contributed by atoms with Gasteiger partial charge < -0.3 is 10.4 Å². The van der Waals surface area contributed by atoms with Gasteiger partial charge in [0.05, 0.1) is 11.6 Å². The van der Waals surface area contributed by atoms with E-state index in [9.17, 15) is 9.90 Å². The summed E-state index contributed by atoms with van der Waals surface area (Å²) in [5.41, 5.74) is 3.66. The van der Waals surface area contributed by atoms with Gasteiger partial charge in [0, 0.05) is 0 Å². The van der Waals surface area contributed by atoms with Crippen LogP contribution in [-0.4, -0.2) is 11.0 Å². The van der Waals surface area contributed by atoms with Gasteiger partial charge in [-0.25, -0.2) is 0 Å². The number of aryl methyl sites for hydroxylation is 1. The summed E-state index contributed by atoms with van der Waals surface area (Å²) in [7, 11) is 0. The second kappa shape index (κ2) is 7.32. The Kier molecular flexibility index (Phi) is 5.43. The second-order valence-electron chi connectivity index (χ2n) is 6.57. The molecule has 122 valence electrons. The van der Waals surface area contributed by atoms with Crippen LogP contribution in [0.5, 0.6) is 5.75 Å². The summed E-state index contributed by atoms with van der Waals surface area (Å²) in [6.45, 7) is 8.15. The van der Waals surface area contributed by atoms with E-state index in [0.29, 0.717) is 11.6 Å². The number of rotatable bonds is 5. The van der Waals surface area contributed by atoms with Gasteiger partial charge in [-0.2, -0.15) is 0 Å². The lowest BCUT2D eigenvalue weighted by Crippen LogP contribution is -2.19. The fraction of sp³-hybridized carbons (Fsp3) is 0.350. The van der Waals surface area contributed by atoms with Crippen LogP contribution in [0.2, 0.25) is 0 Å². The third-order valence-corrected chi connectivity index (χ3v) is 3.93. The number of carbonyl (C=O) groups excluding carboxylic acids is 1. The van der Waals surface area contributed by atoms with Crippen LogP contribution in [0.25, 0.3) is 0 Å². The van der Waals surface area contributed by atoms with Crippen molar-refractivity contribution in [2.24, 2.45) is 5.92 Å². The Hall–Kier alpha value is -2.29. The number of amides is 1. The SMILES string of the molecule is Cc1ccc(NC(=O)C(C)c2ccc(CC(C)C)cc2)c(O)c1. The molecule has 3 nitrogen and oxygen atoms in total. The fourth-order valence-corrected chi connectivity index (χ4v) is 2.55. The summed E-state index contributed by atoms with van der Waals surface area (Å²) in [5.74, 6) is 0.313. The number of aromatic hydroxyl groups is 1. The van der Waals surface area contributed by atoms with E-state index < -0.39 is 0 Å². The van der Waals surface area contributed by atoms with E-state index in [-0.39, 0.29) is 17.6 Å². The van der Waals surface area contributed by atoms with Crippen LogP contribution in [0.4, 0.5) is 5.69 Å². The van der Waals surface area contributed by atoms with E-state index in [1.54, 1.807) is 12.1 Å². The zero-order chi connectivity index (χ0) is 17.0. The molecule has 1 atom stereocenters. The lowest BCUT2D eigenvalue weighted by molar-refractivity contribution is -0.117. The van der Waals surface area contributed by atoms with Crippen molar-refractivity contribution in [2.45, 2.75) is 40.0 Å². The Morgan fingerprint density at radius 1 is 1.09 bits per heavy atom. The second-order valence-corrected chi connectivity index (χ2v) is 6.57. The maximum Gasteiger partial charge on any atom is 0.231 e. The van der Waals surface area contributed by atoms with Gasteiger partial charge in [0.15, 0.2) is 0 Å². The van der Waals surface area contributed by atoms with Gasteiger partial charge in [-0.1, -0.05) is 44.2 Å². The van der Waals surface area contributed by atoms with Crippen molar-refractivity contribution in [1.82, 2.24) is 0 Å². The van der Waals surface area contributed by atoms with Crippen molar-refractivity contribution in [3.05, 3.63) is 59.2 Å². The molecule has 0 saturated heterocycles. The standard InChI is InChI=1S/C20H25NO2/c1-13(2)11-16-6-8-17(9-7-16)15(4)20(23)21-18-10-5-14(3)12-19(18)22/h5-10,12-13,15,22H,11H2,1-4H3,(H,21,23). The number of anilines is 1. The lowest BCUT2D eigenvalue weighted by Gasteiger charge is -2.14. The number of carbonyl (C=O) groups is 1. The number of hydrogen-bond donors (Lipinski definition) is 2. The number of phenols is 1. The molecule has 0 bridgehead atoms. The van der Waals surface area contributed by atoms with E-state index in [4.69, 9.17) is 0 Å². The molecular weight excluding hydrogens is 286 g/mol. The molecule has 2 aromatic carbocycles. The molecule has 2 N–H and O–H groups in total. The Labute approximate surface area is 138 Å². The van der Waals surface area contributed by atoms with Crippen LogP contribution in [0.15, 0.2) is 42.5 Å². The molecule has 23 heavy (non-hydrogen) atoms. The predicted molar refractivity (Wildman–Crippen MR) is 94.9 cm³/mol. The first-order chi connectivity index (χ1) is 10.9. The number of benzene rings is 2. The van der Waals surface area contributed by atoms with Crippen molar-refractivity contribution in [1.29, 1.82) is 0 Å². The predicted octanol–water partition coefficient (Wildman–Crippen LogP) is 4.64. The van der Waals surface area contributed by atoms with Crippen molar-refractivity contribution < 1.29 is 9.90 Å². The molecule has 0 radical (unpaired) electrons. The number of nitrogens with one attached hydrogen (secondary N) is 1. The maximum atomic E-state index is 12.4. The topological polar surface area (TPSA) is 49.3 Å². The highest BCUT2D eigenvalue weighted by Crippen LogP contribution is 2.26. The fourth-order valence-electron chi connectivity index (χ4n) is 2.55. The first-order valence-electron chi connectivity index (χ1n) is 8.06. The highest BCUT2D eigenvalue weighted by molar-refractivity contribution is 5.96. The minimum atomic E-state index is -0.274. The van der Waals surface area contributed by atoms with Crippen LogP contribution in [-0.2, 0) is 11.2 Å². The molecule has 1 amide bonds. The van der Waals surface area contributed by atoms with E-state index in [2.05, 4.69) is 31.3 Å². The summed E-state index contributed by atoms with van der Waals surface area (Å²) in [6.07, 6.45) is 1.04. The van der Waals surface area contributed by atoms with Crippen LogP contribution in [0.1, 0.15) is 43.4 Å². The third kappa shape index (κ3) is 4.59. The maximum absolute atomic E-state index is 12.4. The average Bonchev–Trinajstić information content (AvgIpc) is 2.49. The molecule has 0 spiro atoms. The zero-order valence-electron chi connectivity index (χ0n) is 14.3. The zero-order valence-corrected chi connectivity index (χ0v) is 14.3. The van der Waals surface area contributed by atoms with Gasteiger partial charge in [0.2, 0.25) is 5.91 Å². The molecule has 3 heteroatoms. The van der Waals surface area contributed by atoms with Crippen molar-refractivity contribution in [3.63, 3.8) is 0 Å². The average molecular weight is 311 g/mol. The smallest absolute Gasteiger partial charge is 0.231 e. The highest BCUT2D eigenvalue weighted by Gasteiger charge is 2.16. The molecule has 0 aromatic heterocycles. The van der Waals surface area contributed by atoms with E-state index in [0.717, 1.165) is 17.5 Å². The van der Waals surface area contributed by atoms with E-state index in [1.807, 2.05) is 32.0 Å². The van der Waals surface area contributed by atoms with Gasteiger partial charge in [-0.15, -0.1) is 0 Å². The Morgan fingerprint density at radius 3 is 2.30 bits per heavy atom. The van der Waals surface area contributed by atoms with Gasteiger partial charge in [-0.05, 0) is 55.0 Å². The normalized spacial score (nSPS) is 12.2. The monoisotopic (exact) mass is 311 g/mol. The van der Waals surface area contributed by atoms with Gasteiger partial charge in [0.1, 0.15) is 5.75 Å². The molecule has 0 fully saturated rings. The number of hydrogen-bond acceptors (Lipinski definition) is 2. The third-order valence-electron chi connectivity index (χ3n) is 3.93. The van der Waals surface area contributed by atoms with Crippen LogP contribution in [0.3, 0.4) is 0 Å². The summed E-state index contributed by atoms with van der Waals surface area (Å²) in [6, 6.07) is 13.4. The van der Waals surface area contributed by atoms with Crippen LogP contribution < -0.4 is 5.32 Å². The molecule has 1 unspecified atom stereocenters. The van der Waals surface area contributed by atoms with Crippen molar-refractivity contribution in [2.75, 3.05) is 5.32 Å². The minimum Gasteiger partial charge on any atom is -0.506 e. The molecular formula is C20H25NO2. The highest BCUT2D eigenvalue weighted by atomic mass is 16.3. The Balaban J connectivity index is 2.07. The minimum absolute atomic E-state index is 0.0952. The Morgan fingerprint density at radius 2 is 1.74 bits per heavy atom. The quantitative estimate of drug-likeness (QED) is 0.790. The first kappa shape index (κ1) is 17.1. The summed E-state index contributed by atoms with van der Waals surface area (Å²) >= 11 is 0. The van der Waals surface area contributed by atoms with Crippen molar-refractivity contribution in [3.8, 4) is 5.75 Å². The van der Waals surface area contributed by atoms with Crippen molar-refractivity contribution >= 4 is 11.6 Å². The molecule has 2 rings (SSSR count). The first-order valence-corrected chi connectivity index (χ1v) is 8.06. The number of phenolic OH excluding ortho intramolecular Hbond substituents is 1. The van der Waals surface area contributed by atoms with Gasteiger partial charge in [0.25, 0.3) is 0 Å². The summed E-state index contributed by atoms with van der Waals surface area (Å²) < 4.78 is 0. The van der Waals surface area contributed by atoms with Gasteiger partial charge in [-0.3, -0.25) is 4.79 Å². The molecule has 0 aliphatic heterocycles. The molecule has 0 aliphatic carbocycles. The molecule has 0 heterocycles. The van der Waals surface area contributed by atoms with Gasteiger partial charge >= 0.3 is 0 Å². The van der Waals surface area contributed by atoms with Crippen LogP contribution >= 0.6 is 0 Å². The largest absolute Gasteiger partial charge is 0.506 e.